The number of nitrogens with two attached hydrogens (primary N) is 1. The topological polar surface area (TPSA) is 32.5 Å². The molecule has 3 unspecified atom stereocenters. The molecule has 3 atom stereocenters. The third-order valence-corrected chi connectivity index (χ3v) is 4.51. The van der Waals surface area contributed by atoms with E-state index in [-0.39, 0.29) is 0 Å². The molecule has 3 nitrogen and oxygen atoms in total. The van der Waals surface area contributed by atoms with Crippen molar-refractivity contribution in [3.8, 4) is 0 Å². The van der Waals surface area contributed by atoms with Crippen molar-refractivity contribution in [2.24, 2.45) is 5.73 Å². The van der Waals surface area contributed by atoms with E-state index in [4.69, 9.17) is 5.73 Å². The van der Waals surface area contributed by atoms with Crippen LogP contribution in [0, 0.1) is 0 Å². The van der Waals surface area contributed by atoms with Crippen LogP contribution in [0.1, 0.15) is 39.0 Å². The minimum Gasteiger partial charge on any atom is -0.330 e. The Morgan fingerprint density at radius 3 is 2.75 bits per heavy atom. The summed E-state index contributed by atoms with van der Waals surface area (Å²) in [5.74, 6) is 0. The lowest BCUT2D eigenvalue weighted by molar-refractivity contribution is 0.0940. The number of likely N-dealkylation sites (tertiary alicyclic amines) is 2. The van der Waals surface area contributed by atoms with Gasteiger partial charge < -0.3 is 10.6 Å². The van der Waals surface area contributed by atoms with E-state index in [9.17, 15) is 0 Å². The predicted molar refractivity (Wildman–Crippen MR) is 68.5 cm³/mol. The van der Waals surface area contributed by atoms with Crippen molar-refractivity contribution in [2.45, 2.75) is 57.2 Å². The Balaban J connectivity index is 1.95. The fourth-order valence-corrected chi connectivity index (χ4v) is 3.41. The van der Waals surface area contributed by atoms with Crippen molar-refractivity contribution < 1.29 is 0 Å². The fourth-order valence-electron chi connectivity index (χ4n) is 3.41. The number of piperidine rings is 1. The lowest BCUT2D eigenvalue weighted by atomic mass is 9.96. The molecule has 2 heterocycles. The van der Waals surface area contributed by atoms with Gasteiger partial charge in [-0.1, -0.05) is 6.42 Å². The summed E-state index contributed by atoms with van der Waals surface area (Å²) >= 11 is 0. The molecule has 2 aliphatic rings. The second-order valence-corrected chi connectivity index (χ2v) is 5.64. The monoisotopic (exact) mass is 225 g/mol. The average molecular weight is 225 g/mol. The quantitative estimate of drug-likeness (QED) is 0.785. The Morgan fingerprint density at radius 1 is 1.31 bits per heavy atom. The highest BCUT2D eigenvalue weighted by Crippen LogP contribution is 2.28. The van der Waals surface area contributed by atoms with E-state index in [2.05, 4.69) is 23.8 Å². The normalized spacial score (nSPS) is 38.1. The molecule has 0 aliphatic carbocycles. The molecule has 0 bridgehead atoms. The first kappa shape index (κ1) is 12.3. The van der Waals surface area contributed by atoms with E-state index < -0.39 is 0 Å². The van der Waals surface area contributed by atoms with Gasteiger partial charge in [-0.3, -0.25) is 4.90 Å². The molecule has 0 aromatic rings. The third-order valence-electron chi connectivity index (χ3n) is 4.51. The summed E-state index contributed by atoms with van der Waals surface area (Å²) in [6.07, 6.45) is 6.69. The molecule has 0 aromatic heterocycles. The van der Waals surface area contributed by atoms with Gasteiger partial charge >= 0.3 is 0 Å². The molecule has 0 aromatic carbocycles. The van der Waals surface area contributed by atoms with Gasteiger partial charge in [0.15, 0.2) is 0 Å². The van der Waals surface area contributed by atoms with Gasteiger partial charge in [0, 0.05) is 24.7 Å². The van der Waals surface area contributed by atoms with Gasteiger partial charge in [0.05, 0.1) is 0 Å². The lowest BCUT2D eigenvalue weighted by Crippen LogP contribution is -2.47. The van der Waals surface area contributed by atoms with Crippen LogP contribution in [0.15, 0.2) is 0 Å². The fraction of sp³-hybridized carbons (Fsp3) is 1.00. The molecule has 16 heavy (non-hydrogen) atoms. The van der Waals surface area contributed by atoms with Gasteiger partial charge in [-0.15, -0.1) is 0 Å². The first-order valence-corrected chi connectivity index (χ1v) is 6.88. The van der Waals surface area contributed by atoms with Gasteiger partial charge in [-0.2, -0.15) is 0 Å². The summed E-state index contributed by atoms with van der Waals surface area (Å²) in [5, 5.41) is 0. The van der Waals surface area contributed by atoms with Crippen LogP contribution < -0.4 is 5.73 Å². The third kappa shape index (κ3) is 2.58. The highest BCUT2D eigenvalue weighted by Gasteiger charge is 2.34. The minimum atomic E-state index is 0.755. The molecular formula is C13H27N3. The SMILES string of the molecule is CC1CC(N2CCCCC2CCN)CN1C. The number of rotatable bonds is 3. The van der Waals surface area contributed by atoms with Gasteiger partial charge in [-0.05, 0) is 52.7 Å². The molecule has 94 valence electrons. The van der Waals surface area contributed by atoms with Crippen molar-refractivity contribution in [3.63, 3.8) is 0 Å². The zero-order valence-corrected chi connectivity index (χ0v) is 10.9. The van der Waals surface area contributed by atoms with E-state index in [0.29, 0.717) is 0 Å². The number of nitrogens with zero attached hydrogens (tertiary/aromatic N) is 2. The highest BCUT2D eigenvalue weighted by atomic mass is 15.3. The summed E-state index contributed by atoms with van der Waals surface area (Å²) in [6, 6.07) is 2.31. The molecule has 0 saturated carbocycles. The van der Waals surface area contributed by atoms with Crippen LogP contribution in [0.2, 0.25) is 0 Å². The second-order valence-electron chi connectivity index (χ2n) is 5.64. The smallest absolute Gasteiger partial charge is 0.0240 e. The van der Waals surface area contributed by atoms with Crippen molar-refractivity contribution >= 4 is 0 Å². The summed E-state index contributed by atoms with van der Waals surface area (Å²) in [4.78, 5) is 5.26. The Bertz CT molecular complexity index is 207. The second kappa shape index (κ2) is 5.48. The van der Waals surface area contributed by atoms with E-state index in [1.807, 2.05) is 0 Å². The van der Waals surface area contributed by atoms with Crippen LogP contribution in [0.25, 0.3) is 0 Å². The number of hydrogen-bond acceptors (Lipinski definition) is 3. The zero-order chi connectivity index (χ0) is 11.5. The first-order chi connectivity index (χ1) is 7.72. The standard InChI is InChI=1S/C13H27N3/c1-11-9-13(10-15(11)2)16-8-4-3-5-12(16)6-7-14/h11-13H,3-10,14H2,1-2H3. The van der Waals surface area contributed by atoms with Crippen LogP contribution >= 0.6 is 0 Å². The first-order valence-electron chi connectivity index (χ1n) is 6.88. The number of hydrogen-bond donors (Lipinski definition) is 1. The maximum absolute atomic E-state index is 5.74. The van der Waals surface area contributed by atoms with Crippen LogP contribution in [-0.4, -0.2) is 54.6 Å². The molecule has 0 spiro atoms. The minimum absolute atomic E-state index is 0.755. The maximum atomic E-state index is 5.74. The Hall–Kier alpha value is -0.120. The Kier molecular flexibility index (Phi) is 4.22. The van der Waals surface area contributed by atoms with Crippen molar-refractivity contribution in [2.75, 3.05) is 26.7 Å². The van der Waals surface area contributed by atoms with Crippen LogP contribution in [0.5, 0.6) is 0 Å². The molecule has 0 amide bonds. The summed E-state index contributed by atoms with van der Waals surface area (Å²) in [7, 11) is 2.26. The van der Waals surface area contributed by atoms with Gasteiger partial charge in [0.2, 0.25) is 0 Å². The summed E-state index contributed by atoms with van der Waals surface area (Å²) in [5.41, 5.74) is 5.74. The van der Waals surface area contributed by atoms with Gasteiger partial charge in [0.25, 0.3) is 0 Å². The zero-order valence-electron chi connectivity index (χ0n) is 10.9. The predicted octanol–water partition coefficient (Wildman–Crippen LogP) is 1.28. The maximum Gasteiger partial charge on any atom is 0.0240 e. The molecular weight excluding hydrogens is 198 g/mol. The summed E-state index contributed by atoms with van der Waals surface area (Å²) in [6.45, 7) is 5.75. The molecule has 2 aliphatic heterocycles. The van der Waals surface area contributed by atoms with Crippen LogP contribution in [0.3, 0.4) is 0 Å². The van der Waals surface area contributed by atoms with E-state index in [1.54, 1.807) is 0 Å². The van der Waals surface area contributed by atoms with Crippen molar-refractivity contribution in [1.29, 1.82) is 0 Å². The molecule has 3 heteroatoms. The Labute approximate surface area is 100.0 Å². The largest absolute Gasteiger partial charge is 0.330 e. The van der Waals surface area contributed by atoms with E-state index in [1.165, 1.54) is 45.2 Å². The number of likely N-dealkylation sites (N-methyl/N-ethyl adjacent to an activating group) is 1. The van der Waals surface area contributed by atoms with Crippen LogP contribution in [0.4, 0.5) is 0 Å². The van der Waals surface area contributed by atoms with Crippen LogP contribution in [-0.2, 0) is 0 Å². The molecule has 2 rings (SSSR count). The van der Waals surface area contributed by atoms with Gasteiger partial charge in [0.1, 0.15) is 0 Å². The molecule has 2 N–H and O–H groups in total. The summed E-state index contributed by atoms with van der Waals surface area (Å²) < 4.78 is 0. The Morgan fingerprint density at radius 2 is 2.12 bits per heavy atom. The average Bonchev–Trinajstić information content (AvgIpc) is 2.60. The van der Waals surface area contributed by atoms with Crippen molar-refractivity contribution in [1.82, 2.24) is 9.80 Å². The van der Waals surface area contributed by atoms with E-state index in [0.717, 1.165) is 24.7 Å². The molecule has 0 radical (unpaired) electrons. The highest BCUT2D eigenvalue weighted by molar-refractivity contribution is 4.91. The van der Waals surface area contributed by atoms with E-state index >= 15 is 0 Å². The van der Waals surface area contributed by atoms with Crippen molar-refractivity contribution in [3.05, 3.63) is 0 Å². The molecule has 2 saturated heterocycles. The van der Waals surface area contributed by atoms with Gasteiger partial charge in [-0.25, -0.2) is 0 Å². The molecule has 2 fully saturated rings. The lowest BCUT2D eigenvalue weighted by Gasteiger charge is -2.39.